The summed E-state index contributed by atoms with van der Waals surface area (Å²) in [4.78, 5) is 35.6. The van der Waals surface area contributed by atoms with Crippen LogP contribution < -0.4 is 21.3 Å². The lowest BCUT2D eigenvalue weighted by molar-refractivity contribution is -0.123. The molecule has 0 aliphatic rings. The lowest BCUT2D eigenvalue weighted by Crippen LogP contribution is -2.51. The van der Waals surface area contributed by atoms with Gasteiger partial charge in [-0.3, -0.25) is 9.59 Å². The van der Waals surface area contributed by atoms with E-state index in [1.807, 2.05) is 20.8 Å². The minimum atomic E-state index is -0.672. The second-order valence-corrected chi connectivity index (χ2v) is 6.67. The van der Waals surface area contributed by atoms with Crippen LogP contribution in [-0.4, -0.2) is 36.5 Å². The van der Waals surface area contributed by atoms with Crippen LogP contribution in [0.2, 0.25) is 0 Å². The summed E-state index contributed by atoms with van der Waals surface area (Å²) in [6, 6.07) is 3.80. The maximum absolute atomic E-state index is 12.0. The Balaban J connectivity index is 2.68. The topological polar surface area (TPSA) is 99.3 Å². The molecule has 0 saturated carbocycles. The number of benzene rings is 1. The van der Waals surface area contributed by atoms with E-state index < -0.39 is 12.1 Å². The molecular formula is C17H26N4O3. The first-order chi connectivity index (χ1) is 11.0. The van der Waals surface area contributed by atoms with E-state index in [4.69, 9.17) is 0 Å². The normalized spacial score (nSPS) is 12.1. The second-order valence-electron chi connectivity index (χ2n) is 6.67. The summed E-state index contributed by atoms with van der Waals surface area (Å²) in [5.41, 5.74) is 1.47. The standard InChI is InChI=1S/C17H26N4O3/c1-10-9-12(15(23)18-6)7-8-13(10)20-16(24)19-11(2)14(22)21-17(3,4)5/h7-9,11H,1-6H3,(H,18,23)(H,21,22)(H2,19,20,24)/t11-/m0/s1. The highest BCUT2D eigenvalue weighted by Gasteiger charge is 2.20. The molecule has 4 amide bonds. The van der Waals surface area contributed by atoms with Gasteiger partial charge < -0.3 is 21.3 Å². The molecule has 0 unspecified atom stereocenters. The van der Waals surface area contributed by atoms with Gasteiger partial charge in [-0.05, 0) is 58.4 Å². The molecule has 1 atom stereocenters. The van der Waals surface area contributed by atoms with Crippen molar-refractivity contribution in [1.29, 1.82) is 0 Å². The molecule has 0 fully saturated rings. The van der Waals surface area contributed by atoms with Crippen LogP contribution >= 0.6 is 0 Å². The van der Waals surface area contributed by atoms with Crippen molar-refractivity contribution in [2.24, 2.45) is 0 Å². The van der Waals surface area contributed by atoms with E-state index in [2.05, 4.69) is 21.3 Å². The fourth-order valence-corrected chi connectivity index (χ4v) is 1.99. The Bertz CT molecular complexity index is 635. The minimum absolute atomic E-state index is 0.193. The van der Waals surface area contributed by atoms with Gasteiger partial charge in [-0.1, -0.05) is 0 Å². The predicted molar refractivity (Wildman–Crippen MR) is 94.1 cm³/mol. The number of aryl methyl sites for hydroxylation is 1. The Morgan fingerprint density at radius 2 is 1.75 bits per heavy atom. The monoisotopic (exact) mass is 334 g/mol. The summed E-state index contributed by atoms with van der Waals surface area (Å²) in [6.07, 6.45) is 0. The zero-order valence-electron chi connectivity index (χ0n) is 15.0. The Kier molecular flexibility index (Phi) is 6.34. The van der Waals surface area contributed by atoms with Gasteiger partial charge in [0, 0.05) is 23.8 Å². The van der Waals surface area contributed by atoms with Crippen LogP contribution in [0.5, 0.6) is 0 Å². The molecule has 0 aliphatic carbocycles. The molecule has 4 N–H and O–H groups in total. The largest absolute Gasteiger partial charge is 0.355 e. The fraction of sp³-hybridized carbons (Fsp3) is 0.471. The molecule has 7 heteroatoms. The first-order valence-electron chi connectivity index (χ1n) is 7.76. The average molecular weight is 334 g/mol. The van der Waals surface area contributed by atoms with Gasteiger partial charge in [0.1, 0.15) is 6.04 Å². The molecule has 0 aromatic heterocycles. The van der Waals surface area contributed by atoms with Gasteiger partial charge in [0.05, 0.1) is 0 Å². The minimum Gasteiger partial charge on any atom is -0.355 e. The van der Waals surface area contributed by atoms with E-state index >= 15 is 0 Å². The van der Waals surface area contributed by atoms with Gasteiger partial charge in [0.25, 0.3) is 5.91 Å². The number of carbonyl (C=O) groups is 3. The summed E-state index contributed by atoms with van der Waals surface area (Å²) in [6.45, 7) is 9.01. The number of rotatable bonds is 4. The van der Waals surface area contributed by atoms with Crippen molar-refractivity contribution in [1.82, 2.24) is 16.0 Å². The Morgan fingerprint density at radius 1 is 1.12 bits per heavy atom. The lowest BCUT2D eigenvalue weighted by Gasteiger charge is -2.23. The SMILES string of the molecule is CNC(=O)c1ccc(NC(=O)N[C@@H](C)C(=O)NC(C)(C)C)c(C)c1. The third-order valence-electron chi connectivity index (χ3n) is 3.20. The predicted octanol–water partition coefficient (Wildman–Crippen LogP) is 1.78. The molecule has 0 radical (unpaired) electrons. The second kappa shape index (κ2) is 7.81. The number of carbonyl (C=O) groups excluding carboxylic acids is 3. The maximum Gasteiger partial charge on any atom is 0.319 e. The number of nitrogens with one attached hydrogen (secondary N) is 4. The molecule has 1 aromatic rings. The Labute approximate surface area is 142 Å². The Morgan fingerprint density at radius 3 is 2.25 bits per heavy atom. The first kappa shape index (κ1) is 19.5. The van der Waals surface area contributed by atoms with Crippen molar-refractivity contribution in [2.45, 2.75) is 46.2 Å². The molecule has 0 aliphatic heterocycles. The van der Waals surface area contributed by atoms with Crippen molar-refractivity contribution in [3.63, 3.8) is 0 Å². The molecule has 0 bridgehead atoms. The van der Waals surface area contributed by atoms with E-state index in [1.165, 1.54) is 0 Å². The van der Waals surface area contributed by atoms with Crippen LogP contribution in [0.3, 0.4) is 0 Å². The Hall–Kier alpha value is -2.57. The molecule has 132 valence electrons. The number of amides is 4. The van der Waals surface area contributed by atoms with Crippen LogP contribution in [0.15, 0.2) is 18.2 Å². The first-order valence-corrected chi connectivity index (χ1v) is 7.76. The van der Waals surface area contributed by atoms with Crippen molar-refractivity contribution < 1.29 is 14.4 Å². The van der Waals surface area contributed by atoms with E-state index in [0.29, 0.717) is 11.3 Å². The quantitative estimate of drug-likeness (QED) is 0.675. The third-order valence-corrected chi connectivity index (χ3v) is 3.20. The highest BCUT2D eigenvalue weighted by molar-refractivity contribution is 5.97. The summed E-state index contributed by atoms with van der Waals surface area (Å²) in [5.74, 6) is -0.453. The van der Waals surface area contributed by atoms with Crippen molar-refractivity contribution in [3.8, 4) is 0 Å². The number of hydrogen-bond donors (Lipinski definition) is 4. The van der Waals surface area contributed by atoms with Crippen molar-refractivity contribution in [3.05, 3.63) is 29.3 Å². The van der Waals surface area contributed by atoms with Crippen LogP contribution in [0.1, 0.15) is 43.6 Å². The smallest absolute Gasteiger partial charge is 0.319 e. The maximum atomic E-state index is 12.0. The summed E-state index contributed by atoms with van der Waals surface area (Å²) >= 11 is 0. The number of hydrogen-bond acceptors (Lipinski definition) is 3. The van der Waals surface area contributed by atoms with E-state index in [1.54, 1.807) is 39.1 Å². The zero-order chi connectivity index (χ0) is 18.5. The molecular weight excluding hydrogens is 308 g/mol. The molecule has 1 aromatic carbocycles. The average Bonchev–Trinajstić information content (AvgIpc) is 2.46. The number of urea groups is 1. The zero-order valence-corrected chi connectivity index (χ0v) is 15.0. The molecule has 0 spiro atoms. The van der Waals surface area contributed by atoms with Crippen LogP contribution in [0, 0.1) is 6.92 Å². The highest BCUT2D eigenvalue weighted by atomic mass is 16.2. The fourth-order valence-electron chi connectivity index (χ4n) is 1.99. The summed E-state index contributed by atoms with van der Waals surface area (Å²) in [7, 11) is 1.56. The molecule has 0 heterocycles. The summed E-state index contributed by atoms with van der Waals surface area (Å²) in [5, 5.41) is 10.6. The van der Waals surface area contributed by atoms with Crippen molar-refractivity contribution in [2.75, 3.05) is 12.4 Å². The molecule has 7 nitrogen and oxygen atoms in total. The van der Waals surface area contributed by atoms with E-state index in [-0.39, 0.29) is 17.4 Å². The van der Waals surface area contributed by atoms with Gasteiger partial charge in [0.2, 0.25) is 5.91 Å². The van der Waals surface area contributed by atoms with Crippen LogP contribution in [0.25, 0.3) is 0 Å². The van der Waals surface area contributed by atoms with Crippen LogP contribution in [0.4, 0.5) is 10.5 Å². The molecule has 24 heavy (non-hydrogen) atoms. The van der Waals surface area contributed by atoms with Gasteiger partial charge in [-0.15, -0.1) is 0 Å². The van der Waals surface area contributed by atoms with E-state index in [9.17, 15) is 14.4 Å². The van der Waals surface area contributed by atoms with Gasteiger partial charge in [-0.25, -0.2) is 4.79 Å². The van der Waals surface area contributed by atoms with Crippen molar-refractivity contribution >= 4 is 23.5 Å². The van der Waals surface area contributed by atoms with E-state index in [0.717, 1.165) is 5.56 Å². The lowest BCUT2D eigenvalue weighted by atomic mass is 10.1. The highest BCUT2D eigenvalue weighted by Crippen LogP contribution is 2.16. The molecule has 1 rings (SSSR count). The molecule has 0 saturated heterocycles. The van der Waals surface area contributed by atoms with Gasteiger partial charge in [-0.2, -0.15) is 0 Å². The summed E-state index contributed by atoms with van der Waals surface area (Å²) < 4.78 is 0. The van der Waals surface area contributed by atoms with Gasteiger partial charge >= 0.3 is 6.03 Å². The third kappa shape index (κ3) is 5.91. The van der Waals surface area contributed by atoms with Crippen LogP contribution in [-0.2, 0) is 4.79 Å². The number of anilines is 1. The van der Waals surface area contributed by atoms with Gasteiger partial charge in [0.15, 0.2) is 0 Å².